The van der Waals surface area contributed by atoms with Gasteiger partial charge in [-0.15, -0.1) is 0 Å². The smallest absolute Gasteiger partial charge is 0.264 e. The van der Waals surface area contributed by atoms with Gasteiger partial charge in [0, 0.05) is 17.1 Å². The van der Waals surface area contributed by atoms with Crippen molar-refractivity contribution < 1.29 is 18.0 Å². The average molecular weight is 613 g/mol. The van der Waals surface area contributed by atoms with E-state index in [9.17, 15) is 18.0 Å². The van der Waals surface area contributed by atoms with Crippen molar-refractivity contribution in [2.75, 3.05) is 10.8 Å². The van der Waals surface area contributed by atoms with Gasteiger partial charge in [-0.1, -0.05) is 84.2 Å². The summed E-state index contributed by atoms with van der Waals surface area (Å²) < 4.78 is 29.5. The molecule has 0 radical (unpaired) electrons. The third-order valence-electron chi connectivity index (χ3n) is 7.01. The molecule has 206 valence electrons. The van der Waals surface area contributed by atoms with Gasteiger partial charge >= 0.3 is 0 Å². The van der Waals surface area contributed by atoms with Gasteiger partial charge in [0.25, 0.3) is 10.0 Å². The van der Waals surface area contributed by atoms with Crippen molar-refractivity contribution in [2.24, 2.45) is 0 Å². The summed E-state index contributed by atoms with van der Waals surface area (Å²) in [6.45, 7) is 1.62. The van der Waals surface area contributed by atoms with E-state index in [0.717, 1.165) is 40.0 Å². The molecule has 9 heteroatoms. The van der Waals surface area contributed by atoms with Crippen molar-refractivity contribution in [2.45, 2.75) is 62.6 Å². The first-order chi connectivity index (χ1) is 18.8. The van der Waals surface area contributed by atoms with Crippen molar-refractivity contribution in [3.8, 4) is 0 Å². The number of nitrogens with one attached hydrogen (secondary N) is 1. The number of hydrogen-bond acceptors (Lipinski definition) is 4. The number of carbonyl (C=O) groups excluding carboxylic acids is 2. The van der Waals surface area contributed by atoms with Crippen molar-refractivity contribution in [1.29, 1.82) is 0 Å². The highest BCUT2D eigenvalue weighted by Gasteiger charge is 2.34. The predicted molar refractivity (Wildman–Crippen MR) is 157 cm³/mol. The lowest BCUT2D eigenvalue weighted by molar-refractivity contribution is -0.140. The summed E-state index contributed by atoms with van der Waals surface area (Å²) in [6, 6.07) is 23.7. The lowest BCUT2D eigenvalue weighted by Gasteiger charge is -2.33. The number of nitrogens with zero attached hydrogens (tertiary/aromatic N) is 2. The summed E-state index contributed by atoms with van der Waals surface area (Å²) in [5.74, 6) is -0.649. The molecule has 3 aromatic carbocycles. The molecular weight excluding hydrogens is 578 g/mol. The molecular formula is C30H34BrN3O4S. The molecule has 1 unspecified atom stereocenters. The molecule has 3 aromatic rings. The molecule has 1 N–H and O–H groups in total. The van der Waals surface area contributed by atoms with Crippen LogP contribution in [-0.4, -0.2) is 43.8 Å². The highest BCUT2D eigenvalue weighted by Crippen LogP contribution is 2.26. The van der Waals surface area contributed by atoms with Gasteiger partial charge in [-0.05, 0) is 61.2 Å². The number of anilines is 1. The Labute approximate surface area is 239 Å². The fourth-order valence-electron chi connectivity index (χ4n) is 4.92. The SMILES string of the molecule is CCC(C(=O)NC1CCCC1)N(Cc1ccccc1)C(=O)CN(c1ccc(Br)cc1)S(=O)(=O)c1ccccc1. The minimum atomic E-state index is -4.07. The Morgan fingerprint density at radius 3 is 2.10 bits per heavy atom. The zero-order valence-corrected chi connectivity index (χ0v) is 24.4. The molecule has 1 aliphatic carbocycles. The summed E-state index contributed by atoms with van der Waals surface area (Å²) in [7, 11) is -4.07. The van der Waals surface area contributed by atoms with Crippen LogP contribution in [0.2, 0.25) is 0 Å². The third-order valence-corrected chi connectivity index (χ3v) is 9.32. The van der Waals surface area contributed by atoms with Crippen LogP contribution in [0.25, 0.3) is 0 Å². The van der Waals surface area contributed by atoms with Crippen LogP contribution in [0.1, 0.15) is 44.6 Å². The lowest BCUT2D eigenvalue weighted by atomic mass is 10.1. The Kier molecular flexibility index (Phi) is 9.80. The van der Waals surface area contributed by atoms with E-state index in [1.54, 1.807) is 42.5 Å². The predicted octanol–water partition coefficient (Wildman–Crippen LogP) is 5.51. The van der Waals surface area contributed by atoms with Gasteiger partial charge in [0.15, 0.2) is 0 Å². The first-order valence-electron chi connectivity index (χ1n) is 13.3. The molecule has 1 saturated carbocycles. The minimum absolute atomic E-state index is 0.0846. The molecule has 0 saturated heterocycles. The quantitative estimate of drug-likeness (QED) is 0.310. The molecule has 2 amide bonds. The Morgan fingerprint density at radius 1 is 0.923 bits per heavy atom. The molecule has 1 fully saturated rings. The molecule has 0 aliphatic heterocycles. The Balaban J connectivity index is 1.68. The van der Waals surface area contributed by atoms with Crippen molar-refractivity contribution in [3.05, 3.63) is 95.0 Å². The maximum Gasteiger partial charge on any atom is 0.264 e. The highest BCUT2D eigenvalue weighted by atomic mass is 79.9. The van der Waals surface area contributed by atoms with E-state index in [0.29, 0.717) is 12.1 Å². The highest BCUT2D eigenvalue weighted by molar-refractivity contribution is 9.10. The van der Waals surface area contributed by atoms with E-state index >= 15 is 0 Å². The van der Waals surface area contributed by atoms with Crippen LogP contribution in [0, 0.1) is 0 Å². The maximum absolute atomic E-state index is 14.0. The molecule has 0 aromatic heterocycles. The zero-order chi connectivity index (χ0) is 27.8. The molecule has 0 spiro atoms. The van der Waals surface area contributed by atoms with Gasteiger partial charge in [-0.25, -0.2) is 8.42 Å². The van der Waals surface area contributed by atoms with Crippen LogP contribution in [-0.2, 0) is 26.2 Å². The van der Waals surface area contributed by atoms with Gasteiger partial charge in [-0.2, -0.15) is 0 Å². The van der Waals surface area contributed by atoms with E-state index in [2.05, 4.69) is 21.2 Å². The second kappa shape index (κ2) is 13.3. The van der Waals surface area contributed by atoms with Crippen LogP contribution in [0.5, 0.6) is 0 Å². The van der Waals surface area contributed by atoms with Gasteiger partial charge in [0.1, 0.15) is 12.6 Å². The normalized spacial score (nSPS) is 14.5. The minimum Gasteiger partial charge on any atom is -0.352 e. The van der Waals surface area contributed by atoms with Crippen molar-refractivity contribution >= 4 is 43.5 Å². The number of carbonyl (C=O) groups is 2. The van der Waals surface area contributed by atoms with Crippen molar-refractivity contribution in [1.82, 2.24) is 10.2 Å². The topological polar surface area (TPSA) is 86.8 Å². The van der Waals surface area contributed by atoms with E-state index in [1.807, 2.05) is 37.3 Å². The van der Waals surface area contributed by atoms with Crippen LogP contribution in [0.4, 0.5) is 5.69 Å². The first kappa shape index (κ1) is 28.8. The third kappa shape index (κ3) is 7.28. The average Bonchev–Trinajstić information content (AvgIpc) is 3.46. The van der Waals surface area contributed by atoms with E-state index in [-0.39, 0.29) is 23.4 Å². The molecule has 39 heavy (non-hydrogen) atoms. The number of rotatable bonds is 11. The molecule has 1 aliphatic rings. The number of sulfonamides is 1. The monoisotopic (exact) mass is 611 g/mol. The van der Waals surface area contributed by atoms with Gasteiger partial charge in [0.2, 0.25) is 11.8 Å². The molecule has 1 atom stereocenters. The van der Waals surface area contributed by atoms with Gasteiger partial charge < -0.3 is 10.2 Å². The first-order valence-corrected chi connectivity index (χ1v) is 15.5. The summed E-state index contributed by atoms with van der Waals surface area (Å²) >= 11 is 3.39. The standard InChI is InChI=1S/C30H34BrN3O4S/c1-2-28(30(36)32-25-13-9-10-14-25)33(21-23-11-5-3-6-12-23)29(35)22-34(26-19-17-24(31)18-20-26)39(37,38)27-15-7-4-8-16-27/h3-8,11-12,15-20,25,28H,2,9-10,13-14,21-22H2,1H3,(H,32,36). The summed E-state index contributed by atoms with van der Waals surface area (Å²) in [5, 5.41) is 3.13. The largest absolute Gasteiger partial charge is 0.352 e. The Hall–Kier alpha value is -3.17. The number of hydrogen-bond donors (Lipinski definition) is 1. The van der Waals surface area contributed by atoms with Crippen LogP contribution < -0.4 is 9.62 Å². The second-order valence-electron chi connectivity index (χ2n) is 9.72. The summed E-state index contributed by atoms with van der Waals surface area (Å²) in [5.41, 5.74) is 1.22. The number of benzene rings is 3. The fourth-order valence-corrected chi connectivity index (χ4v) is 6.62. The van der Waals surface area contributed by atoms with E-state index in [4.69, 9.17) is 0 Å². The van der Waals surface area contributed by atoms with E-state index < -0.39 is 28.5 Å². The Bertz CT molecular complexity index is 1350. The lowest BCUT2D eigenvalue weighted by Crippen LogP contribution is -2.53. The second-order valence-corrected chi connectivity index (χ2v) is 12.5. The molecule has 7 nitrogen and oxygen atoms in total. The number of halogens is 1. The fraction of sp³-hybridized carbons (Fsp3) is 0.333. The maximum atomic E-state index is 14.0. The summed E-state index contributed by atoms with van der Waals surface area (Å²) in [6.07, 6.45) is 4.42. The van der Waals surface area contributed by atoms with Crippen LogP contribution >= 0.6 is 15.9 Å². The van der Waals surface area contributed by atoms with Gasteiger partial charge in [-0.3, -0.25) is 13.9 Å². The Morgan fingerprint density at radius 2 is 1.51 bits per heavy atom. The molecule has 0 heterocycles. The van der Waals surface area contributed by atoms with Crippen LogP contribution in [0.3, 0.4) is 0 Å². The van der Waals surface area contributed by atoms with Crippen molar-refractivity contribution in [3.63, 3.8) is 0 Å². The summed E-state index contributed by atoms with van der Waals surface area (Å²) in [4.78, 5) is 29.1. The zero-order valence-electron chi connectivity index (χ0n) is 22.0. The van der Waals surface area contributed by atoms with Gasteiger partial charge in [0.05, 0.1) is 10.6 Å². The molecule has 4 rings (SSSR count). The number of amides is 2. The molecule has 0 bridgehead atoms. The van der Waals surface area contributed by atoms with Crippen LogP contribution in [0.15, 0.2) is 94.3 Å². The van der Waals surface area contributed by atoms with E-state index in [1.165, 1.54) is 17.0 Å².